The van der Waals surface area contributed by atoms with Crippen LogP contribution in [0, 0.1) is 11.8 Å². The predicted octanol–water partition coefficient (Wildman–Crippen LogP) is 1.35. The summed E-state index contributed by atoms with van der Waals surface area (Å²) in [5.41, 5.74) is 1.05. The summed E-state index contributed by atoms with van der Waals surface area (Å²) in [5, 5.41) is 0. The summed E-state index contributed by atoms with van der Waals surface area (Å²) in [6.45, 7) is 2.76. The summed E-state index contributed by atoms with van der Waals surface area (Å²) in [4.78, 5) is 23.7. The van der Waals surface area contributed by atoms with E-state index in [0.717, 1.165) is 5.56 Å². The van der Waals surface area contributed by atoms with Crippen molar-refractivity contribution in [3.8, 4) is 0 Å². The van der Waals surface area contributed by atoms with E-state index in [4.69, 9.17) is 14.2 Å². The van der Waals surface area contributed by atoms with Crippen LogP contribution < -0.4 is 0 Å². The molecule has 5 heteroatoms. The lowest BCUT2D eigenvalue weighted by molar-refractivity contribution is -0.150. The van der Waals surface area contributed by atoms with Crippen LogP contribution in [0.15, 0.2) is 30.3 Å². The molecule has 0 spiro atoms. The van der Waals surface area contributed by atoms with Gasteiger partial charge in [-0.25, -0.2) is 0 Å². The second-order valence-corrected chi connectivity index (χ2v) is 5.30. The first-order valence-corrected chi connectivity index (χ1v) is 7.20. The van der Waals surface area contributed by atoms with Gasteiger partial charge in [-0.1, -0.05) is 30.3 Å². The number of rotatable bonds is 6. The highest BCUT2D eigenvalue weighted by Crippen LogP contribution is 2.50. The Kier molecular flexibility index (Phi) is 4.03. The monoisotopic (exact) mass is 290 g/mol. The van der Waals surface area contributed by atoms with Crippen molar-refractivity contribution in [2.24, 2.45) is 11.8 Å². The molecular formula is C16H18O5. The standard InChI is InChI=1S/C16H18O5/c1-2-20-16(18)13-12-14(17)11(21-15(12)13)9-19-8-10-6-4-3-5-7-10/h3-7,11-13,15H,2,8-9H2,1H3/t11-,12-,13+,15+/m0/s1. The molecule has 0 radical (unpaired) electrons. The molecular weight excluding hydrogens is 272 g/mol. The number of esters is 1. The van der Waals surface area contributed by atoms with Crippen LogP contribution in [-0.4, -0.2) is 37.2 Å². The van der Waals surface area contributed by atoms with Crippen molar-refractivity contribution in [1.82, 2.24) is 0 Å². The molecule has 1 saturated carbocycles. The summed E-state index contributed by atoms with van der Waals surface area (Å²) < 4.78 is 16.0. The number of ether oxygens (including phenoxy) is 3. The van der Waals surface area contributed by atoms with Crippen molar-refractivity contribution in [2.45, 2.75) is 25.7 Å². The van der Waals surface area contributed by atoms with Crippen LogP contribution in [0.2, 0.25) is 0 Å². The molecule has 0 bridgehead atoms. The van der Waals surface area contributed by atoms with Crippen LogP contribution in [-0.2, 0) is 30.4 Å². The zero-order chi connectivity index (χ0) is 14.8. The number of hydrogen-bond acceptors (Lipinski definition) is 5. The van der Waals surface area contributed by atoms with Crippen molar-refractivity contribution in [2.75, 3.05) is 13.2 Å². The zero-order valence-electron chi connectivity index (χ0n) is 11.9. The van der Waals surface area contributed by atoms with Crippen LogP contribution in [0.3, 0.4) is 0 Å². The Hall–Kier alpha value is -1.72. The van der Waals surface area contributed by atoms with Gasteiger partial charge in [0.2, 0.25) is 0 Å². The fraction of sp³-hybridized carbons (Fsp3) is 0.500. The van der Waals surface area contributed by atoms with Gasteiger partial charge in [-0.3, -0.25) is 9.59 Å². The summed E-state index contributed by atoms with van der Waals surface area (Å²) in [5.74, 6) is -1.09. The number of carbonyl (C=O) groups is 2. The van der Waals surface area contributed by atoms with Gasteiger partial charge < -0.3 is 14.2 Å². The molecule has 21 heavy (non-hydrogen) atoms. The Bertz CT molecular complexity index is 527. The van der Waals surface area contributed by atoms with E-state index in [0.29, 0.717) is 13.2 Å². The lowest BCUT2D eigenvalue weighted by atomic mass is 10.1. The largest absolute Gasteiger partial charge is 0.466 e. The smallest absolute Gasteiger partial charge is 0.312 e. The minimum absolute atomic E-state index is 0.0360. The van der Waals surface area contributed by atoms with E-state index in [9.17, 15) is 9.59 Å². The zero-order valence-corrected chi connectivity index (χ0v) is 11.9. The second kappa shape index (κ2) is 5.95. The van der Waals surface area contributed by atoms with Gasteiger partial charge in [0.05, 0.1) is 37.8 Å². The predicted molar refractivity (Wildman–Crippen MR) is 73.4 cm³/mol. The first kappa shape index (κ1) is 14.2. The molecule has 0 aromatic heterocycles. The SMILES string of the molecule is CCOC(=O)[C@H]1[C@@H]2O[C@@H](COCc3ccccc3)C(=O)[C@@H]21. The molecule has 4 atom stereocenters. The Labute approximate surface area is 123 Å². The van der Waals surface area contributed by atoms with E-state index in [2.05, 4.69) is 0 Å². The van der Waals surface area contributed by atoms with E-state index >= 15 is 0 Å². The number of carbonyl (C=O) groups excluding carboxylic acids is 2. The maximum Gasteiger partial charge on any atom is 0.312 e. The Morgan fingerprint density at radius 2 is 2.05 bits per heavy atom. The Morgan fingerprint density at radius 3 is 2.67 bits per heavy atom. The van der Waals surface area contributed by atoms with Gasteiger partial charge in [0.25, 0.3) is 0 Å². The molecule has 0 unspecified atom stereocenters. The Morgan fingerprint density at radius 1 is 1.29 bits per heavy atom. The average Bonchev–Trinajstić information content (AvgIpc) is 3.12. The van der Waals surface area contributed by atoms with E-state index in [1.54, 1.807) is 6.92 Å². The molecule has 1 aromatic carbocycles. The van der Waals surface area contributed by atoms with Crippen LogP contribution in [0.4, 0.5) is 0 Å². The fourth-order valence-electron chi connectivity index (χ4n) is 2.76. The van der Waals surface area contributed by atoms with Crippen LogP contribution in [0.5, 0.6) is 0 Å². The van der Waals surface area contributed by atoms with Crippen molar-refractivity contribution < 1.29 is 23.8 Å². The van der Waals surface area contributed by atoms with Crippen LogP contribution >= 0.6 is 0 Å². The van der Waals surface area contributed by atoms with Gasteiger partial charge in [-0.2, -0.15) is 0 Å². The maximum atomic E-state index is 12.1. The highest BCUT2D eigenvalue weighted by Gasteiger charge is 2.67. The lowest BCUT2D eigenvalue weighted by Crippen LogP contribution is -2.29. The number of fused-ring (bicyclic) bond motifs is 1. The molecule has 1 saturated heterocycles. The molecule has 1 heterocycles. The van der Waals surface area contributed by atoms with E-state index in [1.165, 1.54) is 0 Å². The fourth-order valence-corrected chi connectivity index (χ4v) is 2.76. The second-order valence-electron chi connectivity index (χ2n) is 5.30. The molecule has 1 aromatic rings. The molecule has 1 aliphatic carbocycles. The van der Waals surface area contributed by atoms with E-state index in [-0.39, 0.29) is 30.4 Å². The molecule has 2 aliphatic rings. The van der Waals surface area contributed by atoms with Crippen molar-refractivity contribution in [3.05, 3.63) is 35.9 Å². The van der Waals surface area contributed by atoms with Crippen molar-refractivity contribution in [3.63, 3.8) is 0 Å². The average molecular weight is 290 g/mol. The maximum absolute atomic E-state index is 12.1. The molecule has 5 nitrogen and oxygen atoms in total. The molecule has 0 N–H and O–H groups in total. The van der Waals surface area contributed by atoms with Gasteiger partial charge in [-0.15, -0.1) is 0 Å². The van der Waals surface area contributed by atoms with Gasteiger partial charge >= 0.3 is 5.97 Å². The highest BCUT2D eigenvalue weighted by molar-refractivity contribution is 5.97. The number of Topliss-reactive ketones (excluding diaryl/α,β-unsaturated/α-hetero) is 1. The number of hydrogen-bond donors (Lipinski definition) is 0. The third-order valence-electron chi connectivity index (χ3n) is 3.86. The molecule has 112 valence electrons. The normalized spacial score (nSPS) is 30.0. The summed E-state index contributed by atoms with van der Waals surface area (Å²) >= 11 is 0. The molecule has 0 amide bonds. The summed E-state index contributed by atoms with van der Waals surface area (Å²) in [6, 6.07) is 9.75. The van der Waals surface area contributed by atoms with E-state index < -0.39 is 12.0 Å². The Balaban J connectivity index is 1.44. The summed E-state index contributed by atoms with van der Waals surface area (Å²) in [7, 11) is 0. The van der Waals surface area contributed by atoms with Gasteiger partial charge in [0, 0.05) is 0 Å². The van der Waals surface area contributed by atoms with Gasteiger partial charge in [-0.05, 0) is 12.5 Å². The summed E-state index contributed by atoms with van der Waals surface area (Å²) in [6.07, 6.45) is -0.851. The highest BCUT2D eigenvalue weighted by atomic mass is 16.6. The van der Waals surface area contributed by atoms with Crippen molar-refractivity contribution in [1.29, 1.82) is 0 Å². The number of ketones is 1. The topological polar surface area (TPSA) is 61.8 Å². The third kappa shape index (κ3) is 2.84. The van der Waals surface area contributed by atoms with Crippen LogP contribution in [0.25, 0.3) is 0 Å². The first-order chi connectivity index (χ1) is 10.2. The molecule has 2 fully saturated rings. The van der Waals surface area contributed by atoms with Gasteiger partial charge in [0.1, 0.15) is 6.10 Å². The lowest BCUT2D eigenvalue weighted by Gasteiger charge is -2.13. The van der Waals surface area contributed by atoms with E-state index in [1.807, 2.05) is 30.3 Å². The van der Waals surface area contributed by atoms with Crippen LogP contribution in [0.1, 0.15) is 12.5 Å². The quantitative estimate of drug-likeness (QED) is 0.740. The minimum atomic E-state index is -0.547. The van der Waals surface area contributed by atoms with Crippen molar-refractivity contribution >= 4 is 11.8 Å². The molecule has 1 aliphatic heterocycles. The first-order valence-electron chi connectivity index (χ1n) is 7.20. The third-order valence-corrected chi connectivity index (χ3v) is 3.86. The minimum Gasteiger partial charge on any atom is -0.466 e. The number of benzene rings is 1. The molecule has 3 rings (SSSR count). The van der Waals surface area contributed by atoms with Gasteiger partial charge in [0.15, 0.2) is 5.78 Å².